The SMILES string of the molecule is COCCn1cc(-c2c(C)nc3c(N4CCOCC4)cc(C(F)(F)F)nn23)cn1. The van der Waals surface area contributed by atoms with E-state index in [9.17, 15) is 13.2 Å². The van der Waals surface area contributed by atoms with Crippen LogP contribution in [0.25, 0.3) is 16.9 Å². The van der Waals surface area contributed by atoms with E-state index in [1.807, 2.05) is 4.90 Å². The number of halogens is 3. The largest absolute Gasteiger partial charge is 0.435 e. The van der Waals surface area contributed by atoms with Crippen LogP contribution in [0.4, 0.5) is 18.9 Å². The highest BCUT2D eigenvalue weighted by Gasteiger charge is 2.35. The minimum absolute atomic E-state index is 0.386. The molecule has 0 amide bonds. The summed E-state index contributed by atoms with van der Waals surface area (Å²) >= 11 is 0. The van der Waals surface area contributed by atoms with Crippen molar-refractivity contribution in [1.82, 2.24) is 24.4 Å². The Balaban J connectivity index is 1.87. The highest BCUT2D eigenvalue weighted by atomic mass is 19.4. The molecule has 8 nitrogen and oxygen atoms in total. The van der Waals surface area contributed by atoms with E-state index in [-0.39, 0.29) is 0 Å². The first-order chi connectivity index (χ1) is 13.9. The summed E-state index contributed by atoms with van der Waals surface area (Å²) in [6.07, 6.45) is -1.22. The normalized spacial score (nSPS) is 15.4. The van der Waals surface area contributed by atoms with Gasteiger partial charge in [-0.15, -0.1) is 0 Å². The Kier molecular flexibility index (Phi) is 5.17. The first kappa shape index (κ1) is 19.6. The lowest BCUT2D eigenvalue weighted by Crippen LogP contribution is -2.37. The Labute approximate surface area is 164 Å². The van der Waals surface area contributed by atoms with Gasteiger partial charge < -0.3 is 14.4 Å². The first-order valence-corrected chi connectivity index (χ1v) is 9.20. The predicted octanol–water partition coefficient (Wildman–Crippen LogP) is 2.40. The minimum Gasteiger partial charge on any atom is -0.383 e. The molecule has 0 unspecified atom stereocenters. The second-order valence-electron chi connectivity index (χ2n) is 6.78. The Morgan fingerprint density at radius 3 is 2.69 bits per heavy atom. The van der Waals surface area contributed by atoms with Crippen molar-refractivity contribution in [2.24, 2.45) is 0 Å². The van der Waals surface area contributed by atoms with E-state index in [0.717, 1.165) is 6.07 Å². The third-order valence-electron chi connectivity index (χ3n) is 4.81. The van der Waals surface area contributed by atoms with E-state index in [2.05, 4.69) is 15.2 Å². The maximum Gasteiger partial charge on any atom is 0.435 e. The van der Waals surface area contributed by atoms with Gasteiger partial charge in [-0.1, -0.05) is 0 Å². The molecule has 0 atom stereocenters. The molecular weight excluding hydrogens is 389 g/mol. The molecule has 1 aliphatic heterocycles. The molecule has 4 rings (SSSR count). The average molecular weight is 410 g/mol. The van der Waals surface area contributed by atoms with Crippen molar-refractivity contribution in [1.29, 1.82) is 0 Å². The van der Waals surface area contributed by atoms with Gasteiger partial charge in [-0.2, -0.15) is 23.4 Å². The lowest BCUT2D eigenvalue weighted by atomic mass is 10.2. The second kappa shape index (κ2) is 7.64. The quantitative estimate of drug-likeness (QED) is 0.644. The molecule has 156 valence electrons. The molecule has 0 aliphatic carbocycles. The highest BCUT2D eigenvalue weighted by molar-refractivity contribution is 5.75. The molecule has 0 saturated carbocycles. The number of ether oxygens (including phenoxy) is 2. The molecule has 0 N–H and O–H groups in total. The summed E-state index contributed by atoms with van der Waals surface area (Å²) in [6.45, 7) is 4.66. The van der Waals surface area contributed by atoms with Gasteiger partial charge >= 0.3 is 6.18 Å². The van der Waals surface area contributed by atoms with E-state index in [0.29, 0.717) is 67.7 Å². The summed E-state index contributed by atoms with van der Waals surface area (Å²) in [5.41, 5.74) is 1.54. The van der Waals surface area contributed by atoms with Gasteiger partial charge in [0.2, 0.25) is 0 Å². The number of imidazole rings is 1. The highest BCUT2D eigenvalue weighted by Crippen LogP contribution is 2.35. The molecule has 0 bridgehead atoms. The molecular formula is C18H21F3N6O2. The molecule has 0 radical (unpaired) electrons. The van der Waals surface area contributed by atoms with E-state index < -0.39 is 11.9 Å². The Hall–Kier alpha value is -2.66. The van der Waals surface area contributed by atoms with Gasteiger partial charge in [0, 0.05) is 32.0 Å². The van der Waals surface area contributed by atoms with Crippen LogP contribution in [0.2, 0.25) is 0 Å². The first-order valence-electron chi connectivity index (χ1n) is 9.20. The molecule has 11 heteroatoms. The Morgan fingerprint density at radius 2 is 2.00 bits per heavy atom. The lowest BCUT2D eigenvalue weighted by molar-refractivity contribution is -0.141. The van der Waals surface area contributed by atoms with Crippen LogP contribution in [-0.2, 0) is 22.2 Å². The summed E-state index contributed by atoms with van der Waals surface area (Å²) in [4.78, 5) is 6.40. The van der Waals surface area contributed by atoms with Crippen molar-refractivity contribution in [2.45, 2.75) is 19.6 Å². The smallest absolute Gasteiger partial charge is 0.383 e. The number of fused-ring (bicyclic) bond motifs is 1. The molecule has 1 fully saturated rings. The van der Waals surface area contributed by atoms with Crippen molar-refractivity contribution in [3.63, 3.8) is 0 Å². The summed E-state index contributed by atoms with van der Waals surface area (Å²) < 4.78 is 54.1. The number of nitrogens with zero attached hydrogens (tertiary/aromatic N) is 6. The van der Waals surface area contributed by atoms with E-state index >= 15 is 0 Å². The maximum absolute atomic E-state index is 13.6. The van der Waals surface area contributed by atoms with Gasteiger partial charge in [-0.25, -0.2) is 9.50 Å². The van der Waals surface area contributed by atoms with Crippen LogP contribution in [0, 0.1) is 6.92 Å². The molecule has 1 aliphatic rings. The summed E-state index contributed by atoms with van der Waals surface area (Å²) in [6, 6.07) is 1.07. The topological polar surface area (TPSA) is 69.7 Å². The molecule has 0 spiro atoms. The molecule has 29 heavy (non-hydrogen) atoms. The number of methoxy groups -OCH3 is 1. The van der Waals surface area contributed by atoms with Gasteiger partial charge in [0.15, 0.2) is 11.3 Å². The number of anilines is 1. The monoisotopic (exact) mass is 410 g/mol. The van der Waals surface area contributed by atoms with Crippen LogP contribution in [0.5, 0.6) is 0 Å². The third-order valence-corrected chi connectivity index (χ3v) is 4.81. The van der Waals surface area contributed by atoms with Crippen molar-refractivity contribution >= 4 is 11.3 Å². The minimum atomic E-state index is -4.58. The standard InChI is InChI=1S/C18H21F3N6O2/c1-12-16(13-10-22-26(11-13)5-6-28-2)27-17(23-12)14(25-3-7-29-8-4-25)9-15(24-27)18(19,20)21/h9-11H,3-8H2,1-2H3. The predicted molar refractivity (Wildman–Crippen MR) is 98.9 cm³/mol. The van der Waals surface area contributed by atoms with Crippen LogP contribution < -0.4 is 4.90 Å². The van der Waals surface area contributed by atoms with Crippen LogP contribution in [0.1, 0.15) is 11.4 Å². The zero-order valence-corrected chi connectivity index (χ0v) is 16.1. The van der Waals surface area contributed by atoms with E-state index in [1.54, 1.807) is 31.1 Å². The molecule has 1 saturated heterocycles. The summed E-state index contributed by atoms with van der Waals surface area (Å²) in [7, 11) is 1.59. The van der Waals surface area contributed by atoms with Crippen LogP contribution in [0.15, 0.2) is 18.5 Å². The van der Waals surface area contributed by atoms with Gasteiger partial charge in [0.1, 0.15) is 0 Å². The molecule has 3 aromatic rings. The van der Waals surface area contributed by atoms with Crippen LogP contribution in [-0.4, -0.2) is 64.4 Å². The van der Waals surface area contributed by atoms with Gasteiger partial charge in [0.25, 0.3) is 0 Å². The number of aryl methyl sites for hydroxylation is 1. The average Bonchev–Trinajstić information content (AvgIpc) is 3.28. The summed E-state index contributed by atoms with van der Waals surface area (Å²) in [5, 5.41) is 8.14. The van der Waals surface area contributed by atoms with Gasteiger partial charge in [-0.05, 0) is 13.0 Å². The van der Waals surface area contributed by atoms with E-state index in [4.69, 9.17) is 9.47 Å². The number of morpholine rings is 1. The van der Waals surface area contributed by atoms with Crippen LogP contribution in [0.3, 0.4) is 0 Å². The van der Waals surface area contributed by atoms with Crippen LogP contribution >= 0.6 is 0 Å². The van der Waals surface area contributed by atoms with Crippen molar-refractivity contribution in [3.05, 3.63) is 29.8 Å². The van der Waals surface area contributed by atoms with E-state index in [1.165, 1.54) is 4.52 Å². The maximum atomic E-state index is 13.6. The zero-order chi connectivity index (χ0) is 20.6. The van der Waals surface area contributed by atoms with Gasteiger partial charge in [0.05, 0.1) is 49.6 Å². The third kappa shape index (κ3) is 3.79. The number of hydrogen-bond donors (Lipinski definition) is 0. The van der Waals surface area contributed by atoms with Gasteiger partial charge in [-0.3, -0.25) is 4.68 Å². The fraction of sp³-hybridized carbons (Fsp3) is 0.500. The molecule has 4 heterocycles. The van der Waals surface area contributed by atoms with Crippen molar-refractivity contribution in [2.75, 3.05) is 44.9 Å². The zero-order valence-electron chi connectivity index (χ0n) is 16.1. The number of hydrogen-bond acceptors (Lipinski definition) is 6. The van der Waals surface area contributed by atoms with Crippen molar-refractivity contribution in [3.8, 4) is 11.3 Å². The summed E-state index contributed by atoms with van der Waals surface area (Å²) in [5.74, 6) is 0. The molecule has 3 aromatic heterocycles. The second-order valence-corrected chi connectivity index (χ2v) is 6.78. The fourth-order valence-corrected chi connectivity index (χ4v) is 3.41. The Bertz CT molecular complexity index is 1010. The Morgan fingerprint density at radius 1 is 1.24 bits per heavy atom. The van der Waals surface area contributed by atoms with Crippen molar-refractivity contribution < 1.29 is 22.6 Å². The number of rotatable bonds is 5. The lowest BCUT2D eigenvalue weighted by Gasteiger charge is -2.29. The fourth-order valence-electron chi connectivity index (χ4n) is 3.41. The number of aromatic nitrogens is 5. The number of alkyl halides is 3. The molecule has 0 aromatic carbocycles.